The molecule has 1 heterocycles. The molecule has 0 radical (unpaired) electrons. The Bertz CT molecular complexity index is 783. The molecule has 1 amide bonds. The SMILES string of the molecule is Cc1cc2c(cc1-c1ccc(NC(=O)C(C)C)nc1)C(F)(F)CC2. The van der Waals surface area contributed by atoms with E-state index in [9.17, 15) is 13.6 Å². The van der Waals surface area contributed by atoms with E-state index in [0.29, 0.717) is 12.2 Å². The van der Waals surface area contributed by atoms with Gasteiger partial charge in [-0.25, -0.2) is 13.8 Å². The summed E-state index contributed by atoms with van der Waals surface area (Å²) in [4.78, 5) is 15.9. The van der Waals surface area contributed by atoms with E-state index in [1.165, 1.54) is 0 Å². The third-order valence-electron chi connectivity index (χ3n) is 4.40. The van der Waals surface area contributed by atoms with E-state index >= 15 is 0 Å². The molecule has 1 aliphatic carbocycles. The number of benzene rings is 1. The van der Waals surface area contributed by atoms with Crippen molar-refractivity contribution >= 4 is 11.7 Å². The monoisotopic (exact) mass is 330 g/mol. The summed E-state index contributed by atoms with van der Waals surface area (Å²) in [7, 11) is 0. The fourth-order valence-corrected chi connectivity index (χ4v) is 2.95. The number of aryl methyl sites for hydroxylation is 2. The smallest absolute Gasteiger partial charge is 0.273 e. The number of hydrogen-bond acceptors (Lipinski definition) is 2. The van der Waals surface area contributed by atoms with Gasteiger partial charge in [0.2, 0.25) is 5.91 Å². The van der Waals surface area contributed by atoms with Crippen LogP contribution >= 0.6 is 0 Å². The van der Waals surface area contributed by atoms with E-state index in [1.807, 2.05) is 13.0 Å². The van der Waals surface area contributed by atoms with Gasteiger partial charge in [-0.15, -0.1) is 0 Å². The summed E-state index contributed by atoms with van der Waals surface area (Å²) in [5, 5.41) is 2.72. The second-order valence-corrected chi connectivity index (χ2v) is 6.60. The van der Waals surface area contributed by atoms with E-state index in [2.05, 4.69) is 10.3 Å². The molecule has 5 heteroatoms. The van der Waals surface area contributed by atoms with Crippen molar-refractivity contribution in [2.75, 3.05) is 5.32 Å². The molecule has 24 heavy (non-hydrogen) atoms. The number of hydrogen-bond donors (Lipinski definition) is 1. The highest BCUT2D eigenvalue weighted by Gasteiger charge is 2.39. The average molecular weight is 330 g/mol. The number of carbonyl (C=O) groups excluding carboxylic acids is 1. The zero-order chi connectivity index (χ0) is 17.5. The number of carbonyl (C=O) groups is 1. The second kappa shape index (κ2) is 5.96. The summed E-state index contributed by atoms with van der Waals surface area (Å²) < 4.78 is 28.0. The number of nitrogens with zero attached hydrogens (tertiary/aromatic N) is 1. The molecule has 126 valence electrons. The summed E-state index contributed by atoms with van der Waals surface area (Å²) in [5.74, 6) is -2.53. The van der Waals surface area contributed by atoms with Crippen molar-refractivity contribution in [2.45, 2.75) is 39.5 Å². The van der Waals surface area contributed by atoms with Gasteiger partial charge in [-0.05, 0) is 48.2 Å². The fraction of sp³-hybridized carbons (Fsp3) is 0.368. The Kier molecular flexibility index (Phi) is 4.11. The Balaban J connectivity index is 1.91. The van der Waals surface area contributed by atoms with Crippen molar-refractivity contribution in [1.82, 2.24) is 4.98 Å². The van der Waals surface area contributed by atoms with Crippen LogP contribution in [0.2, 0.25) is 0 Å². The number of halogens is 2. The van der Waals surface area contributed by atoms with Crippen molar-refractivity contribution in [2.24, 2.45) is 5.92 Å². The number of aromatic nitrogens is 1. The summed E-state index contributed by atoms with van der Waals surface area (Å²) in [6, 6.07) is 6.92. The molecule has 0 unspecified atom stereocenters. The molecule has 0 spiro atoms. The molecule has 1 aromatic heterocycles. The number of rotatable bonds is 3. The van der Waals surface area contributed by atoms with Crippen LogP contribution in [0.25, 0.3) is 11.1 Å². The molecule has 0 bridgehead atoms. The second-order valence-electron chi connectivity index (χ2n) is 6.60. The van der Waals surface area contributed by atoms with Gasteiger partial charge in [-0.1, -0.05) is 19.9 Å². The zero-order valence-corrected chi connectivity index (χ0v) is 14.0. The minimum Gasteiger partial charge on any atom is -0.310 e. The maximum atomic E-state index is 14.0. The fourth-order valence-electron chi connectivity index (χ4n) is 2.95. The number of nitrogens with one attached hydrogen (secondary N) is 1. The molecule has 1 aromatic carbocycles. The standard InChI is InChI=1S/C19H20F2N2O/c1-11(2)18(24)23-17-5-4-14(10-22-17)15-9-16-13(8-12(15)3)6-7-19(16,20)21/h4-5,8-11H,6-7H2,1-3H3,(H,22,23,24). The summed E-state index contributed by atoms with van der Waals surface area (Å²) in [6.07, 6.45) is 1.91. The van der Waals surface area contributed by atoms with Gasteiger partial charge < -0.3 is 5.32 Å². The van der Waals surface area contributed by atoms with Crippen LogP contribution in [0.1, 0.15) is 37.0 Å². The Morgan fingerprint density at radius 2 is 2.04 bits per heavy atom. The van der Waals surface area contributed by atoms with Crippen molar-refractivity contribution in [3.8, 4) is 11.1 Å². The molecule has 0 atom stereocenters. The molecule has 1 N–H and O–H groups in total. The van der Waals surface area contributed by atoms with E-state index in [4.69, 9.17) is 0 Å². The van der Waals surface area contributed by atoms with E-state index in [1.54, 1.807) is 38.2 Å². The predicted octanol–water partition coefficient (Wildman–Crippen LogP) is 4.69. The largest absolute Gasteiger partial charge is 0.310 e. The van der Waals surface area contributed by atoms with Gasteiger partial charge in [0.05, 0.1) is 0 Å². The van der Waals surface area contributed by atoms with Crippen LogP contribution in [0.3, 0.4) is 0 Å². The van der Waals surface area contributed by atoms with E-state index in [0.717, 1.165) is 22.3 Å². The van der Waals surface area contributed by atoms with Gasteiger partial charge in [0, 0.05) is 29.7 Å². The number of fused-ring (bicyclic) bond motifs is 1. The van der Waals surface area contributed by atoms with E-state index in [-0.39, 0.29) is 23.8 Å². The van der Waals surface area contributed by atoms with Gasteiger partial charge >= 0.3 is 0 Å². The maximum Gasteiger partial charge on any atom is 0.273 e. The molecule has 0 aliphatic heterocycles. The summed E-state index contributed by atoms with van der Waals surface area (Å²) in [6.45, 7) is 5.52. The molecule has 0 fully saturated rings. The molecule has 2 aromatic rings. The molecule has 0 saturated carbocycles. The molecule has 3 rings (SSSR count). The highest BCUT2D eigenvalue weighted by atomic mass is 19.3. The van der Waals surface area contributed by atoms with Crippen LogP contribution in [0.4, 0.5) is 14.6 Å². The molecular weight excluding hydrogens is 310 g/mol. The third-order valence-corrected chi connectivity index (χ3v) is 4.40. The third kappa shape index (κ3) is 3.03. The lowest BCUT2D eigenvalue weighted by Gasteiger charge is -2.14. The lowest BCUT2D eigenvalue weighted by atomic mass is 9.96. The first-order valence-electron chi connectivity index (χ1n) is 8.07. The van der Waals surface area contributed by atoms with Crippen LogP contribution in [-0.4, -0.2) is 10.9 Å². The van der Waals surface area contributed by atoms with E-state index < -0.39 is 5.92 Å². The summed E-state index contributed by atoms with van der Waals surface area (Å²) >= 11 is 0. The lowest BCUT2D eigenvalue weighted by Crippen LogP contribution is -2.18. The van der Waals surface area contributed by atoms with Crippen molar-refractivity contribution in [3.63, 3.8) is 0 Å². The van der Waals surface area contributed by atoms with Gasteiger partial charge in [0.15, 0.2) is 0 Å². The van der Waals surface area contributed by atoms with Gasteiger partial charge in [0.25, 0.3) is 5.92 Å². The number of alkyl halides is 2. The Morgan fingerprint density at radius 1 is 1.29 bits per heavy atom. The quantitative estimate of drug-likeness (QED) is 0.887. The predicted molar refractivity (Wildman–Crippen MR) is 90.1 cm³/mol. The van der Waals surface area contributed by atoms with Crippen LogP contribution in [0.5, 0.6) is 0 Å². The molecule has 1 aliphatic rings. The zero-order valence-electron chi connectivity index (χ0n) is 14.0. The minimum absolute atomic E-state index is 0.108. The van der Waals surface area contributed by atoms with Crippen molar-refractivity contribution < 1.29 is 13.6 Å². The topological polar surface area (TPSA) is 42.0 Å². The van der Waals surface area contributed by atoms with Crippen molar-refractivity contribution in [3.05, 3.63) is 47.2 Å². The minimum atomic E-state index is -2.75. The number of pyridine rings is 1. The average Bonchev–Trinajstić information content (AvgIpc) is 2.82. The van der Waals surface area contributed by atoms with Gasteiger partial charge in [0.1, 0.15) is 5.82 Å². The number of anilines is 1. The maximum absolute atomic E-state index is 14.0. The Morgan fingerprint density at radius 3 is 2.67 bits per heavy atom. The normalized spacial score (nSPS) is 15.4. The Hall–Kier alpha value is -2.30. The van der Waals surface area contributed by atoms with Crippen LogP contribution in [-0.2, 0) is 17.1 Å². The van der Waals surface area contributed by atoms with Gasteiger partial charge in [-0.3, -0.25) is 4.79 Å². The molecular formula is C19H20F2N2O. The summed E-state index contributed by atoms with van der Waals surface area (Å²) in [5.41, 5.74) is 3.33. The van der Waals surface area contributed by atoms with Gasteiger partial charge in [-0.2, -0.15) is 0 Å². The van der Waals surface area contributed by atoms with Crippen LogP contribution in [0.15, 0.2) is 30.5 Å². The van der Waals surface area contributed by atoms with Crippen molar-refractivity contribution in [1.29, 1.82) is 0 Å². The molecule has 3 nitrogen and oxygen atoms in total. The highest BCUT2D eigenvalue weighted by molar-refractivity contribution is 5.91. The first-order valence-corrected chi connectivity index (χ1v) is 8.07. The van der Waals surface area contributed by atoms with Crippen LogP contribution < -0.4 is 5.32 Å². The number of amides is 1. The Labute approximate surface area is 140 Å². The van der Waals surface area contributed by atoms with Crippen LogP contribution in [0, 0.1) is 12.8 Å². The lowest BCUT2D eigenvalue weighted by molar-refractivity contribution is -0.118. The first-order chi connectivity index (χ1) is 11.3. The first kappa shape index (κ1) is 16.6. The highest BCUT2D eigenvalue weighted by Crippen LogP contribution is 2.44. The molecule has 0 saturated heterocycles.